The summed E-state index contributed by atoms with van der Waals surface area (Å²) in [5, 5.41) is 8.34. The lowest BCUT2D eigenvalue weighted by atomic mass is 10.00. The number of hydrogen-bond acceptors (Lipinski definition) is 6. The topological polar surface area (TPSA) is 70.0 Å². The van der Waals surface area contributed by atoms with Crippen molar-refractivity contribution < 1.29 is 22.8 Å². The molecule has 0 aliphatic carbocycles. The van der Waals surface area contributed by atoms with E-state index in [-0.39, 0.29) is 12.2 Å². The van der Waals surface area contributed by atoms with Gasteiger partial charge in [0.1, 0.15) is 12.2 Å². The maximum Gasteiger partial charge on any atom is 0.265 e. The Morgan fingerprint density at radius 1 is 0.632 bits per heavy atom. The van der Waals surface area contributed by atoms with Crippen LogP contribution in [0.3, 0.4) is 0 Å². The molecule has 1 fully saturated rings. The van der Waals surface area contributed by atoms with Crippen LogP contribution in [0, 0.1) is 5.41 Å². The van der Waals surface area contributed by atoms with Crippen molar-refractivity contribution in [3.8, 4) is 0 Å². The van der Waals surface area contributed by atoms with E-state index in [1.807, 2.05) is 6.92 Å². The van der Waals surface area contributed by atoms with Crippen LogP contribution in [0.5, 0.6) is 0 Å². The van der Waals surface area contributed by atoms with Crippen LogP contribution in [0.25, 0.3) is 0 Å². The highest BCUT2D eigenvalue weighted by molar-refractivity contribution is 6.76. The molecule has 1 aliphatic rings. The minimum absolute atomic E-state index is 0.304. The molecule has 1 heterocycles. The van der Waals surface area contributed by atoms with E-state index >= 15 is 0 Å². The van der Waals surface area contributed by atoms with Gasteiger partial charge in [-0.15, -0.1) is 0 Å². The minimum atomic E-state index is -2.16. The molecular weight excluding hydrogens is 597 g/mol. The first-order valence-electron chi connectivity index (χ1n) is 14.8. The Morgan fingerprint density at radius 2 is 0.947 bits per heavy atom. The summed E-state index contributed by atoms with van der Waals surface area (Å²) in [7, 11) is -6.30. The van der Waals surface area contributed by atoms with E-state index in [9.17, 15) is 0 Å². The molecule has 0 amide bonds. The Labute approximate surface area is 251 Å². The van der Waals surface area contributed by atoms with Crippen molar-refractivity contribution in [3.05, 3.63) is 0 Å². The quantitative estimate of drug-likeness (QED) is 0.0780. The first-order chi connectivity index (χ1) is 17.7. The predicted octanol–water partition coefficient (Wildman–Crippen LogP) is 9.27. The molecule has 1 saturated heterocycles. The molecule has 0 bridgehead atoms. The van der Waals surface area contributed by atoms with Crippen LogP contribution in [-0.2, 0) is 22.8 Å². The van der Waals surface area contributed by atoms with Gasteiger partial charge in [-0.05, 0) is 61.3 Å². The van der Waals surface area contributed by atoms with Crippen LogP contribution >= 0.6 is 34.8 Å². The molecule has 0 saturated carbocycles. The van der Waals surface area contributed by atoms with Crippen molar-refractivity contribution in [1.29, 1.82) is 5.41 Å². The number of alkyl halides is 3. The summed E-state index contributed by atoms with van der Waals surface area (Å²) in [4.78, 5) is 0. The number of halogens is 3. The van der Waals surface area contributed by atoms with E-state index in [0.29, 0.717) is 0 Å². The molecule has 1 N–H and O–H groups in total. The highest BCUT2D eigenvalue weighted by atomic mass is 35.6. The maximum atomic E-state index is 8.34. The van der Waals surface area contributed by atoms with Gasteiger partial charge in [-0.1, -0.05) is 97.1 Å². The summed E-state index contributed by atoms with van der Waals surface area (Å²) in [5.41, 5.74) is 0. The molecule has 0 unspecified atom stereocenters. The Hall–Kier alpha value is 0.831. The monoisotopic (exact) mass is 649 g/mol. The van der Waals surface area contributed by atoms with Crippen molar-refractivity contribution in [2.45, 2.75) is 158 Å². The van der Waals surface area contributed by atoms with Crippen molar-refractivity contribution >= 4 is 65.7 Å². The van der Waals surface area contributed by atoms with Gasteiger partial charge in [0.25, 0.3) is 3.79 Å². The third kappa shape index (κ3) is 8.91. The second-order valence-corrected chi connectivity index (χ2v) is 27.1. The summed E-state index contributed by atoms with van der Waals surface area (Å²) in [6.07, 6.45) is -2.58. The highest BCUT2D eigenvalue weighted by Gasteiger charge is 2.54. The summed E-state index contributed by atoms with van der Waals surface area (Å²) in [5.74, 6) is -0.479. The molecule has 226 valence electrons. The molecule has 5 atom stereocenters. The summed E-state index contributed by atoms with van der Waals surface area (Å²) < 4.78 is 32.0. The normalized spacial score (nSPS) is 25.4. The summed E-state index contributed by atoms with van der Waals surface area (Å²) in [6.45, 7) is 22.0. The zero-order valence-electron chi connectivity index (χ0n) is 25.4. The average molecular weight is 651 g/mol. The standard InChI is InChI=1S/C26H54Cl3NO5Si3/c1-11-36(12-2,13-3)33-21-20(10)31-24(32-25(30)26(27,28)29)23(35-38(17-7,18-8)19-9)22(21)34-37(14-4,15-5)16-6/h20-24,30H,11-19H2,1-10H3/t20-,21+,22+,23-,24-/m1/s1. The van der Waals surface area contributed by atoms with Gasteiger partial charge < -0.3 is 22.8 Å². The lowest BCUT2D eigenvalue weighted by Crippen LogP contribution is -2.66. The van der Waals surface area contributed by atoms with Crippen LogP contribution in [-0.4, -0.2) is 65.3 Å². The second-order valence-electron chi connectivity index (χ2n) is 10.6. The van der Waals surface area contributed by atoms with E-state index in [1.165, 1.54) is 0 Å². The molecule has 12 heteroatoms. The van der Waals surface area contributed by atoms with E-state index in [2.05, 4.69) is 62.3 Å². The van der Waals surface area contributed by atoms with Gasteiger partial charge in [-0.3, -0.25) is 5.41 Å². The van der Waals surface area contributed by atoms with Crippen molar-refractivity contribution in [2.24, 2.45) is 0 Å². The molecular formula is C26H54Cl3NO5Si3. The van der Waals surface area contributed by atoms with Crippen LogP contribution in [0.1, 0.15) is 69.2 Å². The lowest BCUT2D eigenvalue weighted by molar-refractivity contribution is -0.262. The molecule has 1 aliphatic heterocycles. The van der Waals surface area contributed by atoms with Gasteiger partial charge in [0.2, 0.25) is 12.2 Å². The third-order valence-electron chi connectivity index (χ3n) is 9.18. The largest absolute Gasteiger partial charge is 0.445 e. The Balaban J connectivity index is 3.77. The first-order valence-corrected chi connectivity index (χ1v) is 23.5. The van der Waals surface area contributed by atoms with Gasteiger partial charge in [-0.2, -0.15) is 0 Å². The third-order valence-corrected chi connectivity index (χ3v) is 23.6. The average Bonchev–Trinajstić information content (AvgIpc) is 2.91. The number of ether oxygens (including phenoxy) is 2. The molecule has 0 aromatic rings. The van der Waals surface area contributed by atoms with Crippen molar-refractivity contribution in [3.63, 3.8) is 0 Å². The Kier molecular flexibility index (Phi) is 15.4. The fourth-order valence-corrected chi connectivity index (χ4v) is 14.2. The molecule has 0 radical (unpaired) electrons. The minimum Gasteiger partial charge on any atom is -0.445 e. The smallest absolute Gasteiger partial charge is 0.265 e. The van der Waals surface area contributed by atoms with E-state index < -0.39 is 53.1 Å². The van der Waals surface area contributed by atoms with E-state index in [1.54, 1.807) is 0 Å². The molecule has 0 spiro atoms. The second kappa shape index (κ2) is 15.9. The SMILES string of the molecule is CC[Si](CC)(CC)O[C@H]1[C@@H](O[Si](CC)(CC)CC)[C@@H](C)O[C@H](OC(=N)C(Cl)(Cl)Cl)[C@@H]1O[Si](CC)(CC)CC. The Morgan fingerprint density at radius 3 is 1.26 bits per heavy atom. The van der Waals surface area contributed by atoms with Crippen LogP contribution in [0.2, 0.25) is 54.4 Å². The van der Waals surface area contributed by atoms with Crippen LogP contribution in [0.4, 0.5) is 0 Å². The van der Waals surface area contributed by atoms with Gasteiger partial charge in [0, 0.05) is 0 Å². The highest BCUT2D eigenvalue weighted by Crippen LogP contribution is 2.40. The summed E-state index contributed by atoms with van der Waals surface area (Å²) in [6, 6.07) is 8.92. The van der Waals surface area contributed by atoms with Gasteiger partial charge in [-0.25, -0.2) is 0 Å². The number of nitrogens with one attached hydrogen (secondary N) is 1. The van der Waals surface area contributed by atoms with E-state index in [0.717, 1.165) is 54.4 Å². The van der Waals surface area contributed by atoms with Crippen LogP contribution < -0.4 is 0 Å². The first kappa shape index (κ1) is 36.9. The van der Waals surface area contributed by atoms with Gasteiger partial charge >= 0.3 is 0 Å². The molecule has 6 nitrogen and oxygen atoms in total. The molecule has 38 heavy (non-hydrogen) atoms. The molecule has 0 aromatic carbocycles. The zero-order chi connectivity index (χ0) is 29.4. The zero-order valence-corrected chi connectivity index (χ0v) is 30.7. The lowest BCUT2D eigenvalue weighted by Gasteiger charge is -2.52. The fourth-order valence-electron chi connectivity index (χ4n) is 5.54. The number of hydrogen-bond donors (Lipinski definition) is 1. The van der Waals surface area contributed by atoms with Crippen molar-refractivity contribution in [1.82, 2.24) is 0 Å². The van der Waals surface area contributed by atoms with E-state index in [4.69, 9.17) is 63.0 Å². The Bertz CT molecular complexity index is 694. The maximum absolute atomic E-state index is 8.34. The summed E-state index contributed by atoms with van der Waals surface area (Å²) >= 11 is 18.1. The van der Waals surface area contributed by atoms with Gasteiger partial charge in [0.05, 0.1) is 12.2 Å². The fraction of sp³-hybridized carbons (Fsp3) is 0.962. The molecule has 1 rings (SSSR count). The van der Waals surface area contributed by atoms with Crippen molar-refractivity contribution in [2.75, 3.05) is 0 Å². The number of rotatable bonds is 16. The predicted molar refractivity (Wildman–Crippen MR) is 170 cm³/mol. The van der Waals surface area contributed by atoms with Crippen LogP contribution in [0.15, 0.2) is 0 Å². The van der Waals surface area contributed by atoms with Gasteiger partial charge in [0.15, 0.2) is 25.0 Å². The molecule has 0 aromatic heterocycles.